The fraction of sp³-hybridized carbons (Fsp3) is 0.364. The number of carbonyl (C=O) groups excluding carboxylic acids is 1. The van der Waals surface area contributed by atoms with Crippen molar-refractivity contribution in [3.05, 3.63) is 46.4 Å². The number of H-pyrrole nitrogens is 1. The number of fused-ring (bicyclic) bond motifs is 1. The molecule has 0 unspecified atom stereocenters. The average Bonchev–Trinajstić information content (AvgIpc) is 3.15. The van der Waals surface area contributed by atoms with Gasteiger partial charge in [0.1, 0.15) is 17.2 Å². The Hall–Kier alpha value is -2.70. The molecule has 3 heterocycles. The minimum Gasteiger partial charge on any atom is -0.496 e. The maximum atomic E-state index is 14.0. The second-order valence-electron chi connectivity index (χ2n) is 7.78. The molecule has 0 atom stereocenters. The molecule has 0 saturated carbocycles. The van der Waals surface area contributed by atoms with Gasteiger partial charge < -0.3 is 14.5 Å². The fourth-order valence-electron chi connectivity index (χ4n) is 4.21. The first-order valence-corrected chi connectivity index (χ1v) is 12.9. The molecule has 1 amide bonds. The van der Waals surface area contributed by atoms with E-state index in [1.54, 1.807) is 25.3 Å². The third-order valence-corrected chi connectivity index (χ3v) is 8.09. The summed E-state index contributed by atoms with van der Waals surface area (Å²) < 4.78 is 53.0. The lowest BCUT2D eigenvalue weighted by Crippen LogP contribution is -2.46. The van der Waals surface area contributed by atoms with Crippen LogP contribution in [-0.4, -0.2) is 55.6 Å². The van der Waals surface area contributed by atoms with Crippen molar-refractivity contribution in [2.45, 2.75) is 25.7 Å². The highest BCUT2D eigenvalue weighted by Crippen LogP contribution is 2.42. The standard InChI is InChI=1S/C22H24BrFN4O5S/c1-3-33-22(29)27-34(30,31)28-10-7-13(8-11-28)20-19(23)18-15(6-9-25-21(18)26-20)16-12-14(24)4-5-17(16)32-2/h4-6,9,12-13H,3,7-8,10-11H2,1-2H3,(H,25,26)(H,27,29). The first-order chi connectivity index (χ1) is 16.2. The van der Waals surface area contributed by atoms with Crippen LogP contribution in [0.1, 0.15) is 31.4 Å². The van der Waals surface area contributed by atoms with E-state index in [0.29, 0.717) is 29.8 Å². The van der Waals surface area contributed by atoms with Crippen molar-refractivity contribution in [1.29, 1.82) is 0 Å². The Labute approximate surface area is 205 Å². The molecule has 4 rings (SSSR count). The van der Waals surface area contributed by atoms with Crippen LogP contribution in [0.3, 0.4) is 0 Å². The molecule has 3 aromatic rings. The number of halogens is 2. The summed E-state index contributed by atoms with van der Waals surface area (Å²) in [6, 6.07) is 6.15. The molecular formula is C22H24BrFN4O5S. The van der Waals surface area contributed by atoms with Crippen molar-refractivity contribution < 1.29 is 27.1 Å². The molecule has 0 aliphatic carbocycles. The van der Waals surface area contributed by atoms with Crippen LogP contribution >= 0.6 is 15.9 Å². The zero-order valence-electron chi connectivity index (χ0n) is 18.6. The number of pyridine rings is 1. The number of hydrogen-bond donors (Lipinski definition) is 2. The summed E-state index contributed by atoms with van der Waals surface area (Å²) in [4.78, 5) is 19.3. The quantitative estimate of drug-likeness (QED) is 0.469. The molecule has 12 heteroatoms. The van der Waals surface area contributed by atoms with Crippen LogP contribution in [0.5, 0.6) is 5.75 Å². The number of aromatic amines is 1. The number of benzene rings is 1. The van der Waals surface area contributed by atoms with Gasteiger partial charge >= 0.3 is 16.3 Å². The van der Waals surface area contributed by atoms with Gasteiger partial charge in [0.2, 0.25) is 0 Å². The van der Waals surface area contributed by atoms with Crippen molar-refractivity contribution in [2.24, 2.45) is 0 Å². The predicted octanol–water partition coefficient (Wildman–Crippen LogP) is 4.31. The van der Waals surface area contributed by atoms with Crippen molar-refractivity contribution in [3.8, 4) is 16.9 Å². The van der Waals surface area contributed by atoms with E-state index in [1.807, 2.05) is 4.72 Å². The van der Waals surface area contributed by atoms with Crippen LogP contribution in [0.15, 0.2) is 34.9 Å². The van der Waals surface area contributed by atoms with Gasteiger partial charge in [0.05, 0.1) is 13.7 Å². The predicted molar refractivity (Wildman–Crippen MR) is 128 cm³/mol. The van der Waals surface area contributed by atoms with Crippen LogP contribution in [0.2, 0.25) is 0 Å². The largest absolute Gasteiger partial charge is 0.496 e. The van der Waals surface area contributed by atoms with E-state index in [4.69, 9.17) is 4.74 Å². The zero-order chi connectivity index (χ0) is 24.5. The number of rotatable bonds is 6. The van der Waals surface area contributed by atoms with Gasteiger partial charge in [0.15, 0.2) is 0 Å². The highest BCUT2D eigenvalue weighted by atomic mass is 79.9. The number of amides is 1. The number of piperidine rings is 1. The normalized spacial score (nSPS) is 15.4. The summed E-state index contributed by atoms with van der Waals surface area (Å²) in [6.45, 7) is 2.15. The molecule has 0 bridgehead atoms. The molecule has 9 nitrogen and oxygen atoms in total. The Morgan fingerprint density at radius 1 is 1.29 bits per heavy atom. The van der Waals surface area contributed by atoms with Crippen molar-refractivity contribution in [2.75, 3.05) is 26.8 Å². The summed E-state index contributed by atoms with van der Waals surface area (Å²) in [5, 5.41) is 0.792. The summed E-state index contributed by atoms with van der Waals surface area (Å²) in [7, 11) is -2.44. The molecule has 34 heavy (non-hydrogen) atoms. The molecule has 2 N–H and O–H groups in total. The molecular weight excluding hydrogens is 531 g/mol. The molecule has 1 aliphatic rings. The zero-order valence-corrected chi connectivity index (χ0v) is 21.0. The second kappa shape index (κ2) is 9.88. The van der Waals surface area contributed by atoms with Gasteiger partial charge in [0, 0.05) is 46.3 Å². The maximum absolute atomic E-state index is 14.0. The summed E-state index contributed by atoms with van der Waals surface area (Å²) in [6.07, 6.45) is 1.72. The van der Waals surface area contributed by atoms with Gasteiger partial charge in [-0.2, -0.15) is 12.7 Å². The number of nitrogens with one attached hydrogen (secondary N) is 2. The molecule has 1 saturated heterocycles. The van der Waals surface area contributed by atoms with E-state index >= 15 is 0 Å². The van der Waals surface area contributed by atoms with Gasteiger partial charge in [-0.05, 0) is 65.5 Å². The van der Waals surface area contributed by atoms with Crippen LogP contribution in [0.25, 0.3) is 22.2 Å². The van der Waals surface area contributed by atoms with Crippen LogP contribution in [-0.2, 0) is 14.9 Å². The lowest BCUT2D eigenvalue weighted by atomic mass is 9.94. The molecule has 0 spiro atoms. The van der Waals surface area contributed by atoms with Gasteiger partial charge in [-0.3, -0.25) is 0 Å². The highest BCUT2D eigenvalue weighted by molar-refractivity contribution is 9.10. The van der Waals surface area contributed by atoms with E-state index in [-0.39, 0.29) is 31.4 Å². The highest BCUT2D eigenvalue weighted by Gasteiger charge is 2.32. The Balaban J connectivity index is 1.61. The first kappa shape index (κ1) is 24.4. The van der Waals surface area contributed by atoms with Crippen molar-refractivity contribution in [3.63, 3.8) is 0 Å². The van der Waals surface area contributed by atoms with Crippen LogP contribution in [0, 0.1) is 5.82 Å². The Kier molecular flexibility index (Phi) is 7.10. The second-order valence-corrected chi connectivity index (χ2v) is 10.2. The van der Waals surface area contributed by atoms with Crippen molar-refractivity contribution >= 4 is 43.3 Å². The van der Waals surface area contributed by atoms with Gasteiger partial charge in [-0.25, -0.2) is 18.9 Å². The van der Waals surface area contributed by atoms with Gasteiger partial charge in [-0.1, -0.05) is 0 Å². The van der Waals surface area contributed by atoms with E-state index < -0.39 is 16.3 Å². The SMILES string of the molecule is CCOC(=O)NS(=O)(=O)N1CCC(c2[nH]c3nccc(-c4cc(F)ccc4OC)c3c2Br)CC1. The van der Waals surface area contributed by atoms with E-state index in [9.17, 15) is 17.6 Å². The van der Waals surface area contributed by atoms with Crippen LogP contribution in [0.4, 0.5) is 9.18 Å². The molecule has 1 aliphatic heterocycles. The van der Waals surface area contributed by atoms with E-state index in [0.717, 1.165) is 21.1 Å². The summed E-state index contributed by atoms with van der Waals surface area (Å²) in [5.41, 5.74) is 2.88. The number of carbonyl (C=O) groups is 1. The van der Waals surface area contributed by atoms with E-state index in [2.05, 4.69) is 30.6 Å². The van der Waals surface area contributed by atoms with Crippen molar-refractivity contribution in [1.82, 2.24) is 19.0 Å². The van der Waals surface area contributed by atoms with Gasteiger partial charge in [0.25, 0.3) is 0 Å². The smallest absolute Gasteiger partial charge is 0.421 e. The molecule has 182 valence electrons. The molecule has 2 aromatic heterocycles. The average molecular weight is 555 g/mol. The lowest BCUT2D eigenvalue weighted by molar-refractivity contribution is 0.157. The Bertz CT molecular complexity index is 1320. The third kappa shape index (κ3) is 4.75. The summed E-state index contributed by atoms with van der Waals surface area (Å²) >= 11 is 3.69. The monoisotopic (exact) mass is 554 g/mol. The summed E-state index contributed by atoms with van der Waals surface area (Å²) in [5.74, 6) is 0.189. The van der Waals surface area contributed by atoms with Crippen LogP contribution < -0.4 is 9.46 Å². The Morgan fingerprint density at radius 2 is 2.03 bits per heavy atom. The first-order valence-electron chi connectivity index (χ1n) is 10.7. The number of hydrogen-bond acceptors (Lipinski definition) is 6. The number of ether oxygens (including phenoxy) is 2. The maximum Gasteiger partial charge on any atom is 0.421 e. The number of aromatic nitrogens is 2. The van der Waals surface area contributed by atoms with E-state index in [1.165, 1.54) is 23.5 Å². The topological polar surface area (TPSA) is 114 Å². The Morgan fingerprint density at radius 3 is 2.71 bits per heavy atom. The molecule has 1 fully saturated rings. The molecule has 1 aromatic carbocycles. The minimum absolute atomic E-state index is 0.0277. The number of methoxy groups -OCH3 is 1. The number of nitrogens with zero attached hydrogens (tertiary/aromatic N) is 2. The fourth-order valence-corrected chi connectivity index (χ4v) is 6.12. The molecule has 0 radical (unpaired) electrons. The van der Waals surface area contributed by atoms with Gasteiger partial charge in [-0.15, -0.1) is 0 Å². The third-order valence-electron chi connectivity index (χ3n) is 5.80. The minimum atomic E-state index is -3.97. The lowest BCUT2D eigenvalue weighted by Gasteiger charge is -2.30.